The fourth-order valence-electron chi connectivity index (χ4n) is 2.14. The highest BCUT2D eigenvalue weighted by molar-refractivity contribution is 7.71. The highest BCUT2D eigenvalue weighted by Crippen LogP contribution is 2.58. The van der Waals surface area contributed by atoms with Gasteiger partial charge in [-0.1, -0.05) is 0 Å². The molecule has 0 saturated carbocycles. The van der Waals surface area contributed by atoms with Crippen molar-refractivity contribution in [1.82, 2.24) is 9.55 Å². The van der Waals surface area contributed by atoms with Gasteiger partial charge < -0.3 is 19.4 Å². The Balaban J connectivity index is 2.11. The SMILES string of the molecule is O=Cc1cn([C@H]2CC[C@@](F)(COP(=O)(O)OP(=O)(O)O)O2)c(=S)[nH]c1=O. The van der Waals surface area contributed by atoms with E-state index in [4.69, 9.17) is 31.6 Å². The molecule has 146 valence electrons. The number of rotatable bonds is 7. The molecule has 4 N–H and O–H groups in total. The number of hydrogen-bond acceptors (Lipinski definition) is 8. The largest absolute Gasteiger partial charge is 0.481 e. The van der Waals surface area contributed by atoms with Gasteiger partial charge in [-0.05, 0) is 18.6 Å². The smallest absolute Gasteiger partial charge is 0.320 e. The molecule has 0 radical (unpaired) electrons. The van der Waals surface area contributed by atoms with Gasteiger partial charge in [0.25, 0.3) is 5.56 Å². The maximum Gasteiger partial charge on any atom is 0.481 e. The highest BCUT2D eigenvalue weighted by Gasteiger charge is 2.44. The second kappa shape index (κ2) is 7.50. The van der Waals surface area contributed by atoms with E-state index in [1.807, 2.05) is 0 Å². The van der Waals surface area contributed by atoms with E-state index < -0.39 is 39.9 Å². The Morgan fingerprint density at radius 2 is 2.15 bits per heavy atom. The minimum Gasteiger partial charge on any atom is -0.320 e. The molecule has 26 heavy (non-hydrogen) atoms. The van der Waals surface area contributed by atoms with Gasteiger partial charge in [0.15, 0.2) is 11.1 Å². The lowest BCUT2D eigenvalue weighted by atomic mass is 10.2. The van der Waals surface area contributed by atoms with Gasteiger partial charge in [-0.25, -0.2) is 13.5 Å². The molecule has 2 rings (SSSR count). The fourth-order valence-corrected chi connectivity index (χ4v) is 4.02. The van der Waals surface area contributed by atoms with Crippen LogP contribution in [0.4, 0.5) is 4.39 Å². The third-order valence-corrected chi connectivity index (χ3v) is 5.64. The maximum absolute atomic E-state index is 14.6. The summed E-state index contributed by atoms with van der Waals surface area (Å²) in [5, 5.41) is 0. The Labute approximate surface area is 149 Å². The first-order valence-corrected chi connectivity index (χ1v) is 10.2. The zero-order valence-corrected chi connectivity index (χ0v) is 15.3. The van der Waals surface area contributed by atoms with Crippen molar-refractivity contribution in [2.45, 2.75) is 24.9 Å². The number of phosphoric ester groups is 1. The van der Waals surface area contributed by atoms with E-state index >= 15 is 0 Å². The topological polar surface area (TPSA) is 177 Å². The number of carbonyl (C=O) groups is 1. The maximum atomic E-state index is 14.6. The summed E-state index contributed by atoms with van der Waals surface area (Å²) in [6.07, 6.45) is -0.0724. The number of nitrogens with zero attached hydrogens (tertiary/aromatic N) is 1. The summed E-state index contributed by atoms with van der Waals surface area (Å²) in [5.41, 5.74) is -1.00. The van der Waals surface area contributed by atoms with Crippen molar-refractivity contribution in [2.75, 3.05) is 6.61 Å². The van der Waals surface area contributed by atoms with Gasteiger partial charge in [-0.3, -0.25) is 23.7 Å². The summed E-state index contributed by atoms with van der Waals surface area (Å²) in [6.45, 7) is -1.17. The van der Waals surface area contributed by atoms with Crippen LogP contribution in [0.2, 0.25) is 0 Å². The number of H-pyrrole nitrogens is 1. The van der Waals surface area contributed by atoms with E-state index in [2.05, 4.69) is 13.8 Å². The molecular weight excluding hydrogens is 421 g/mol. The zero-order valence-electron chi connectivity index (χ0n) is 12.7. The molecule has 16 heteroatoms. The second-order valence-electron chi connectivity index (χ2n) is 5.18. The van der Waals surface area contributed by atoms with Gasteiger partial charge in [0.05, 0.1) is 5.56 Å². The summed E-state index contributed by atoms with van der Waals surface area (Å²) in [5.74, 6) is -2.60. The third-order valence-electron chi connectivity index (χ3n) is 3.20. The molecule has 0 aliphatic carbocycles. The van der Waals surface area contributed by atoms with Crippen LogP contribution < -0.4 is 5.56 Å². The first-order valence-electron chi connectivity index (χ1n) is 6.76. The van der Waals surface area contributed by atoms with Crippen molar-refractivity contribution in [1.29, 1.82) is 0 Å². The van der Waals surface area contributed by atoms with Crippen LogP contribution in [0.1, 0.15) is 29.4 Å². The molecule has 1 saturated heterocycles. The average Bonchev–Trinajstić information content (AvgIpc) is 2.86. The molecule has 0 aromatic carbocycles. The second-order valence-corrected chi connectivity index (χ2v) is 8.39. The minimum atomic E-state index is -5.34. The van der Waals surface area contributed by atoms with E-state index in [9.17, 15) is 23.1 Å². The Morgan fingerprint density at radius 1 is 1.50 bits per heavy atom. The molecular formula is C10H13FN2O10P2S. The van der Waals surface area contributed by atoms with Crippen LogP contribution in [-0.2, 0) is 22.7 Å². The molecule has 1 unspecified atom stereocenters. The van der Waals surface area contributed by atoms with Crippen LogP contribution in [-0.4, -0.2) is 43.0 Å². The van der Waals surface area contributed by atoms with Crippen LogP contribution in [0.15, 0.2) is 11.0 Å². The summed E-state index contributed by atoms with van der Waals surface area (Å²) < 4.78 is 50.3. The van der Waals surface area contributed by atoms with Crippen LogP contribution in [0.25, 0.3) is 0 Å². The summed E-state index contributed by atoms with van der Waals surface area (Å²) in [4.78, 5) is 50.6. The number of hydrogen-bond donors (Lipinski definition) is 4. The Bertz CT molecular complexity index is 912. The number of aromatic nitrogens is 2. The molecule has 1 aromatic rings. The number of nitrogens with one attached hydrogen (secondary N) is 1. The van der Waals surface area contributed by atoms with E-state index in [0.29, 0.717) is 0 Å². The molecule has 1 aliphatic rings. The highest BCUT2D eigenvalue weighted by atomic mass is 32.1. The molecule has 0 amide bonds. The molecule has 1 fully saturated rings. The van der Waals surface area contributed by atoms with Gasteiger partial charge in [0, 0.05) is 12.6 Å². The number of phosphoric acid groups is 2. The first kappa shape index (κ1) is 21.2. The van der Waals surface area contributed by atoms with Crippen molar-refractivity contribution in [3.8, 4) is 0 Å². The third kappa shape index (κ3) is 5.46. The van der Waals surface area contributed by atoms with Crippen molar-refractivity contribution < 1.29 is 46.6 Å². The van der Waals surface area contributed by atoms with Crippen molar-refractivity contribution in [2.24, 2.45) is 0 Å². The number of alkyl halides is 1. The Kier molecular flexibility index (Phi) is 6.13. The summed E-state index contributed by atoms with van der Waals surface area (Å²) in [6, 6.07) is 0. The molecule has 1 aliphatic heterocycles. The quantitative estimate of drug-likeness (QED) is 0.272. The van der Waals surface area contributed by atoms with Crippen molar-refractivity contribution in [3.05, 3.63) is 26.9 Å². The molecule has 1 aromatic heterocycles. The van der Waals surface area contributed by atoms with E-state index in [1.54, 1.807) is 0 Å². The van der Waals surface area contributed by atoms with Crippen LogP contribution in [0, 0.1) is 4.77 Å². The number of aldehydes is 1. The van der Waals surface area contributed by atoms with Gasteiger partial charge in [0.1, 0.15) is 12.8 Å². The van der Waals surface area contributed by atoms with Gasteiger partial charge >= 0.3 is 15.6 Å². The lowest BCUT2D eigenvalue weighted by Gasteiger charge is -2.22. The lowest BCUT2D eigenvalue weighted by Crippen LogP contribution is -2.29. The van der Waals surface area contributed by atoms with Crippen LogP contribution in [0.5, 0.6) is 0 Å². The predicted octanol–water partition coefficient (Wildman–Crippen LogP) is 0.919. The average molecular weight is 434 g/mol. The fraction of sp³-hybridized carbons (Fsp3) is 0.500. The number of carbonyl (C=O) groups excluding carboxylic acids is 1. The standard InChI is InChI=1S/C10H13FN2O10P2S/c11-10(5-21-25(19,20)23-24(16,17)18)2-1-7(22-10)13-3-6(4-14)8(15)12-9(13)26/h3-4,7H,1-2,5H2,(H,19,20)(H,12,15,26)(H2,16,17,18)/t7-,10+/m1/s1. The molecule has 3 atom stereocenters. The lowest BCUT2D eigenvalue weighted by molar-refractivity contribution is -0.174. The van der Waals surface area contributed by atoms with Gasteiger partial charge in [0.2, 0.25) is 5.85 Å². The first-order chi connectivity index (χ1) is 11.8. The zero-order chi connectivity index (χ0) is 19.8. The number of halogens is 1. The molecule has 0 bridgehead atoms. The van der Waals surface area contributed by atoms with Crippen LogP contribution >= 0.6 is 27.9 Å². The van der Waals surface area contributed by atoms with Crippen molar-refractivity contribution >= 4 is 34.1 Å². The normalized spacial score (nSPS) is 25.8. The van der Waals surface area contributed by atoms with Crippen LogP contribution in [0.3, 0.4) is 0 Å². The molecule has 12 nitrogen and oxygen atoms in total. The van der Waals surface area contributed by atoms with E-state index in [0.717, 1.165) is 10.8 Å². The van der Waals surface area contributed by atoms with Crippen molar-refractivity contribution in [3.63, 3.8) is 0 Å². The molecule has 2 heterocycles. The van der Waals surface area contributed by atoms with Gasteiger partial charge in [-0.2, -0.15) is 4.31 Å². The Morgan fingerprint density at radius 3 is 2.73 bits per heavy atom. The Hall–Kier alpha value is -1.08. The summed E-state index contributed by atoms with van der Waals surface area (Å²) in [7, 11) is -10.6. The van der Waals surface area contributed by atoms with Gasteiger partial charge in [-0.15, -0.1) is 0 Å². The van der Waals surface area contributed by atoms with E-state index in [1.165, 1.54) is 0 Å². The molecule has 0 spiro atoms. The monoisotopic (exact) mass is 434 g/mol. The number of ether oxygens (including phenoxy) is 1. The van der Waals surface area contributed by atoms with E-state index in [-0.39, 0.29) is 29.5 Å². The minimum absolute atomic E-state index is 0.00636. The predicted molar refractivity (Wildman–Crippen MR) is 83.4 cm³/mol. The summed E-state index contributed by atoms with van der Waals surface area (Å²) >= 11 is 4.91. The number of aromatic amines is 1.